The van der Waals surface area contributed by atoms with E-state index in [1.165, 1.54) is 10.2 Å². The SMILES string of the molecule is CCc1ccc(-n2cc(CCO)c(C(=O)O)n2)cc1. The van der Waals surface area contributed by atoms with E-state index in [-0.39, 0.29) is 18.7 Å². The van der Waals surface area contributed by atoms with Gasteiger partial charge in [0.15, 0.2) is 5.69 Å². The van der Waals surface area contributed by atoms with Crippen molar-refractivity contribution in [1.82, 2.24) is 9.78 Å². The number of aryl methyl sites for hydroxylation is 1. The summed E-state index contributed by atoms with van der Waals surface area (Å²) in [6.45, 7) is 1.98. The van der Waals surface area contributed by atoms with Crippen molar-refractivity contribution < 1.29 is 15.0 Å². The molecule has 0 fully saturated rings. The van der Waals surface area contributed by atoms with Crippen LogP contribution in [0.25, 0.3) is 5.69 Å². The standard InChI is InChI=1S/C14H16N2O3/c1-2-10-3-5-12(6-4-10)16-9-11(7-8-17)13(15-16)14(18)19/h3-6,9,17H,2,7-8H2,1H3,(H,18,19). The number of carboxylic acid groups (broad SMARTS) is 1. The van der Waals surface area contributed by atoms with Crippen molar-refractivity contribution in [1.29, 1.82) is 0 Å². The van der Waals surface area contributed by atoms with Crippen molar-refractivity contribution in [3.05, 3.63) is 47.3 Å². The van der Waals surface area contributed by atoms with Gasteiger partial charge in [-0.15, -0.1) is 0 Å². The van der Waals surface area contributed by atoms with Crippen molar-refractivity contribution in [3.63, 3.8) is 0 Å². The van der Waals surface area contributed by atoms with Gasteiger partial charge in [0.1, 0.15) is 0 Å². The summed E-state index contributed by atoms with van der Waals surface area (Å²) in [5.74, 6) is -1.08. The van der Waals surface area contributed by atoms with Crippen LogP contribution in [-0.4, -0.2) is 32.6 Å². The van der Waals surface area contributed by atoms with Gasteiger partial charge in [0.25, 0.3) is 0 Å². The molecule has 1 aromatic carbocycles. The average molecular weight is 260 g/mol. The van der Waals surface area contributed by atoms with Gasteiger partial charge >= 0.3 is 5.97 Å². The Morgan fingerprint density at radius 3 is 2.53 bits per heavy atom. The number of nitrogens with zero attached hydrogens (tertiary/aromatic N) is 2. The average Bonchev–Trinajstić information content (AvgIpc) is 2.83. The van der Waals surface area contributed by atoms with Crippen molar-refractivity contribution in [2.45, 2.75) is 19.8 Å². The Morgan fingerprint density at radius 1 is 1.32 bits per heavy atom. The van der Waals surface area contributed by atoms with E-state index < -0.39 is 5.97 Å². The summed E-state index contributed by atoms with van der Waals surface area (Å²) < 4.78 is 1.54. The summed E-state index contributed by atoms with van der Waals surface area (Å²) >= 11 is 0. The van der Waals surface area contributed by atoms with Gasteiger partial charge in [-0.05, 0) is 30.5 Å². The first-order valence-electron chi connectivity index (χ1n) is 6.17. The number of rotatable bonds is 5. The van der Waals surface area contributed by atoms with Crippen LogP contribution in [0.2, 0.25) is 0 Å². The minimum absolute atomic E-state index is 0.00591. The molecular weight excluding hydrogens is 244 g/mol. The summed E-state index contributed by atoms with van der Waals surface area (Å²) in [5, 5.41) is 22.1. The lowest BCUT2D eigenvalue weighted by molar-refractivity contribution is 0.0688. The van der Waals surface area contributed by atoms with Crippen LogP contribution in [0.1, 0.15) is 28.5 Å². The van der Waals surface area contributed by atoms with Crippen LogP contribution in [0.3, 0.4) is 0 Å². The summed E-state index contributed by atoms with van der Waals surface area (Å²) in [7, 11) is 0. The Labute approximate surface area is 111 Å². The fourth-order valence-electron chi connectivity index (χ4n) is 1.91. The minimum Gasteiger partial charge on any atom is -0.476 e. The number of aromatic nitrogens is 2. The van der Waals surface area contributed by atoms with E-state index in [0.717, 1.165) is 12.1 Å². The van der Waals surface area contributed by atoms with Crippen molar-refractivity contribution in [2.75, 3.05) is 6.61 Å². The molecule has 0 aliphatic heterocycles. The van der Waals surface area contributed by atoms with E-state index in [9.17, 15) is 4.79 Å². The van der Waals surface area contributed by atoms with Crippen LogP contribution in [0.5, 0.6) is 0 Å². The number of benzene rings is 1. The molecule has 2 rings (SSSR count). The maximum atomic E-state index is 11.1. The molecule has 5 heteroatoms. The summed E-state index contributed by atoms with van der Waals surface area (Å²) in [6, 6.07) is 7.78. The van der Waals surface area contributed by atoms with Crippen molar-refractivity contribution in [3.8, 4) is 5.69 Å². The number of carboxylic acids is 1. The van der Waals surface area contributed by atoms with Crippen molar-refractivity contribution >= 4 is 5.97 Å². The first kappa shape index (κ1) is 13.3. The summed E-state index contributed by atoms with van der Waals surface area (Å²) in [5.41, 5.74) is 2.55. The lowest BCUT2D eigenvalue weighted by atomic mass is 10.1. The fourth-order valence-corrected chi connectivity index (χ4v) is 1.91. The highest BCUT2D eigenvalue weighted by Gasteiger charge is 2.15. The molecule has 0 bridgehead atoms. The Balaban J connectivity index is 2.38. The Hall–Kier alpha value is -2.14. The molecule has 0 aliphatic carbocycles. The highest BCUT2D eigenvalue weighted by Crippen LogP contribution is 2.14. The van der Waals surface area contributed by atoms with E-state index in [1.54, 1.807) is 6.20 Å². The molecule has 1 heterocycles. The predicted octanol–water partition coefficient (Wildman–Crippen LogP) is 1.67. The number of carbonyl (C=O) groups is 1. The molecule has 2 aromatic rings. The Morgan fingerprint density at radius 2 is 2.00 bits per heavy atom. The monoisotopic (exact) mass is 260 g/mol. The molecule has 0 radical (unpaired) electrons. The van der Waals surface area contributed by atoms with Gasteiger partial charge in [0.05, 0.1) is 5.69 Å². The minimum atomic E-state index is -1.08. The lowest BCUT2D eigenvalue weighted by Crippen LogP contribution is -2.03. The normalized spacial score (nSPS) is 10.6. The lowest BCUT2D eigenvalue weighted by Gasteiger charge is -2.02. The molecule has 0 saturated carbocycles. The molecule has 100 valence electrons. The number of aliphatic hydroxyl groups is 1. The maximum Gasteiger partial charge on any atom is 0.356 e. The van der Waals surface area contributed by atoms with Crippen molar-refractivity contribution in [2.24, 2.45) is 0 Å². The van der Waals surface area contributed by atoms with E-state index in [2.05, 4.69) is 12.0 Å². The number of hydrogen-bond acceptors (Lipinski definition) is 3. The zero-order valence-corrected chi connectivity index (χ0v) is 10.7. The van der Waals surface area contributed by atoms with Gasteiger partial charge in [-0.2, -0.15) is 5.10 Å². The topological polar surface area (TPSA) is 75.4 Å². The molecule has 0 amide bonds. The molecule has 0 atom stereocenters. The van der Waals surface area contributed by atoms with Gasteiger partial charge in [-0.1, -0.05) is 19.1 Å². The van der Waals surface area contributed by atoms with Gasteiger partial charge in [0, 0.05) is 18.4 Å². The highest BCUT2D eigenvalue weighted by molar-refractivity contribution is 5.87. The molecule has 19 heavy (non-hydrogen) atoms. The third kappa shape index (κ3) is 2.82. The molecular formula is C14H16N2O3. The third-order valence-corrected chi connectivity index (χ3v) is 2.98. The van der Waals surface area contributed by atoms with Crippen LogP contribution in [-0.2, 0) is 12.8 Å². The number of aliphatic hydroxyl groups excluding tert-OH is 1. The zero-order valence-electron chi connectivity index (χ0n) is 10.7. The smallest absolute Gasteiger partial charge is 0.356 e. The first-order chi connectivity index (χ1) is 9.15. The second kappa shape index (κ2) is 5.67. The second-order valence-electron chi connectivity index (χ2n) is 4.25. The third-order valence-electron chi connectivity index (χ3n) is 2.98. The Kier molecular flexibility index (Phi) is 3.97. The van der Waals surface area contributed by atoms with Crippen LogP contribution < -0.4 is 0 Å². The summed E-state index contributed by atoms with van der Waals surface area (Å²) in [4.78, 5) is 11.1. The largest absolute Gasteiger partial charge is 0.476 e. The van der Waals surface area contributed by atoms with E-state index in [0.29, 0.717) is 5.56 Å². The maximum absolute atomic E-state index is 11.1. The van der Waals surface area contributed by atoms with E-state index in [1.807, 2.05) is 24.3 Å². The van der Waals surface area contributed by atoms with E-state index in [4.69, 9.17) is 10.2 Å². The molecule has 5 nitrogen and oxygen atoms in total. The van der Waals surface area contributed by atoms with Gasteiger partial charge in [-0.25, -0.2) is 9.48 Å². The highest BCUT2D eigenvalue weighted by atomic mass is 16.4. The van der Waals surface area contributed by atoms with Crippen LogP contribution in [0, 0.1) is 0 Å². The number of hydrogen-bond donors (Lipinski definition) is 2. The molecule has 1 aromatic heterocycles. The van der Waals surface area contributed by atoms with Crippen LogP contribution >= 0.6 is 0 Å². The molecule has 0 saturated heterocycles. The molecule has 0 aliphatic rings. The molecule has 0 unspecified atom stereocenters. The molecule has 2 N–H and O–H groups in total. The number of aromatic carboxylic acids is 1. The van der Waals surface area contributed by atoms with Gasteiger partial charge in [0.2, 0.25) is 0 Å². The molecule has 0 spiro atoms. The zero-order chi connectivity index (χ0) is 13.8. The van der Waals surface area contributed by atoms with E-state index >= 15 is 0 Å². The Bertz CT molecular complexity index is 573. The summed E-state index contributed by atoms with van der Waals surface area (Å²) in [6.07, 6.45) is 2.89. The predicted molar refractivity (Wildman–Crippen MR) is 70.7 cm³/mol. The van der Waals surface area contributed by atoms with Crippen LogP contribution in [0.4, 0.5) is 0 Å². The quantitative estimate of drug-likeness (QED) is 0.857. The first-order valence-corrected chi connectivity index (χ1v) is 6.17. The fraction of sp³-hybridized carbons (Fsp3) is 0.286. The second-order valence-corrected chi connectivity index (χ2v) is 4.25. The van der Waals surface area contributed by atoms with Crippen LogP contribution in [0.15, 0.2) is 30.5 Å². The van der Waals surface area contributed by atoms with Gasteiger partial charge in [-0.3, -0.25) is 0 Å². The van der Waals surface area contributed by atoms with Gasteiger partial charge < -0.3 is 10.2 Å².